The molecule has 1 unspecified atom stereocenters. The summed E-state index contributed by atoms with van der Waals surface area (Å²) < 4.78 is 0. The van der Waals surface area contributed by atoms with Crippen LogP contribution in [0.25, 0.3) is 0 Å². The average molecular weight is 264 g/mol. The molecule has 1 saturated heterocycles. The van der Waals surface area contributed by atoms with Crippen LogP contribution >= 0.6 is 11.8 Å². The van der Waals surface area contributed by atoms with Crippen molar-refractivity contribution in [1.29, 1.82) is 0 Å². The molecule has 2 nitrogen and oxygen atoms in total. The quantitative estimate of drug-likeness (QED) is 0.773. The molecule has 0 saturated carbocycles. The van der Waals surface area contributed by atoms with E-state index in [1.807, 2.05) is 11.8 Å². The summed E-state index contributed by atoms with van der Waals surface area (Å²) in [5, 5.41) is 7.65. The molecule has 1 aliphatic rings. The molecule has 1 aliphatic heterocycles. The predicted octanol–water partition coefficient (Wildman–Crippen LogP) is 2.68. The maximum absolute atomic E-state index is 3.61. The molecule has 0 spiro atoms. The van der Waals surface area contributed by atoms with E-state index < -0.39 is 0 Å². The first-order valence-corrected chi connectivity index (χ1v) is 7.81. The van der Waals surface area contributed by atoms with Gasteiger partial charge in [-0.1, -0.05) is 26.0 Å². The van der Waals surface area contributed by atoms with Crippen LogP contribution < -0.4 is 10.6 Å². The highest BCUT2D eigenvalue weighted by molar-refractivity contribution is 7.99. The van der Waals surface area contributed by atoms with Crippen molar-refractivity contribution in [3.05, 3.63) is 29.8 Å². The lowest BCUT2D eigenvalue weighted by Crippen LogP contribution is -2.32. The Balaban J connectivity index is 1.72. The Bertz CT molecular complexity index is 342. The van der Waals surface area contributed by atoms with Gasteiger partial charge in [0.05, 0.1) is 0 Å². The molecule has 1 aromatic carbocycles. The normalized spacial score (nSPS) is 19.6. The van der Waals surface area contributed by atoms with E-state index in [0.29, 0.717) is 11.3 Å². The highest BCUT2D eigenvalue weighted by Crippen LogP contribution is 2.22. The Labute approximate surface area is 115 Å². The van der Waals surface area contributed by atoms with Crippen molar-refractivity contribution in [2.24, 2.45) is 0 Å². The maximum atomic E-state index is 3.61. The van der Waals surface area contributed by atoms with Crippen molar-refractivity contribution in [2.45, 2.75) is 42.9 Å². The second-order valence-electron chi connectivity index (χ2n) is 5.20. The molecule has 3 heteroatoms. The Morgan fingerprint density at radius 1 is 1.33 bits per heavy atom. The minimum Gasteiger partial charge on any atom is -0.315 e. The van der Waals surface area contributed by atoms with Crippen LogP contribution in [0.3, 0.4) is 0 Å². The highest BCUT2D eigenvalue weighted by Gasteiger charge is 2.12. The third-order valence-electron chi connectivity index (χ3n) is 3.20. The van der Waals surface area contributed by atoms with Gasteiger partial charge in [-0.05, 0) is 43.6 Å². The van der Waals surface area contributed by atoms with E-state index in [0.717, 1.165) is 19.5 Å². The van der Waals surface area contributed by atoms with Gasteiger partial charge in [-0.3, -0.25) is 0 Å². The van der Waals surface area contributed by atoms with Crippen molar-refractivity contribution < 1.29 is 0 Å². The van der Waals surface area contributed by atoms with Gasteiger partial charge in [-0.15, -0.1) is 11.8 Å². The third-order valence-corrected chi connectivity index (χ3v) is 4.22. The number of hydrogen-bond donors (Lipinski definition) is 2. The molecule has 1 fully saturated rings. The summed E-state index contributed by atoms with van der Waals surface area (Å²) in [7, 11) is 0. The summed E-state index contributed by atoms with van der Waals surface area (Å²) in [6.45, 7) is 7.85. The summed E-state index contributed by atoms with van der Waals surface area (Å²) in [5.74, 6) is 0. The average Bonchev–Trinajstić information content (AvgIpc) is 2.84. The largest absolute Gasteiger partial charge is 0.315 e. The number of hydrogen-bond acceptors (Lipinski definition) is 3. The van der Waals surface area contributed by atoms with Crippen LogP contribution in [0.4, 0.5) is 0 Å². The smallest absolute Gasteiger partial charge is 0.0204 e. The van der Waals surface area contributed by atoms with E-state index >= 15 is 0 Å². The van der Waals surface area contributed by atoms with Gasteiger partial charge in [0, 0.05) is 22.7 Å². The van der Waals surface area contributed by atoms with Crippen LogP contribution in [0, 0.1) is 0 Å². The molecule has 100 valence electrons. The second kappa shape index (κ2) is 7.17. The second-order valence-corrected chi connectivity index (χ2v) is 6.85. The summed E-state index contributed by atoms with van der Waals surface area (Å²) in [4.78, 5) is 1.38. The lowest BCUT2D eigenvalue weighted by Gasteiger charge is -2.11. The highest BCUT2D eigenvalue weighted by atomic mass is 32.2. The Morgan fingerprint density at radius 3 is 2.72 bits per heavy atom. The van der Waals surface area contributed by atoms with Crippen molar-refractivity contribution in [1.82, 2.24) is 10.6 Å². The molecule has 0 amide bonds. The molecule has 1 aromatic rings. The minimum atomic E-state index is 0.660. The van der Waals surface area contributed by atoms with Gasteiger partial charge in [-0.2, -0.15) is 0 Å². The van der Waals surface area contributed by atoms with Crippen molar-refractivity contribution in [3.63, 3.8) is 0 Å². The molecular formula is C15H24N2S. The number of benzene rings is 1. The van der Waals surface area contributed by atoms with Gasteiger partial charge in [0.1, 0.15) is 0 Å². The van der Waals surface area contributed by atoms with Crippen LogP contribution in [-0.2, 0) is 6.42 Å². The lowest BCUT2D eigenvalue weighted by molar-refractivity contribution is 0.550. The minimum absolute atomic E-state index is 0.660. The summed E-state index contributed by atoms with van der Waals surface area (Å²) in [6.07, 6.45) is 2.40. The third kappa shape index (κ3) is 4.63. The van der Waals surface area contributed by atoms with Crippen molar-refractivity contribution in [3.8, 4) is 0 Å². The zero-order valence-electron chi connectivity index (χ0n) is 11.4. The van der Waals surface area contributed by atoms with Crippen LogP contribution in [0.2, 0.25) is 0 Å². The lowest BCUT2D eigenvalue weighted by atomic mass is 10.1. The topological polar surface area (TPSA) is 24.1 Å². The predicted molar refractivity (Wildman–Crippen MR) is 80.4 cm³/mol. The monoisotopic (exact) mass is 264 g/mol. The Hall–Kier alpha value is -0.510. The molecule has 1 heterocycles. The number of rotatable bonds is 6. The summed E-state index contributed by atoms with van der Waals surface area (Å²) in [5.41, 5.74) is 1.43. The van der Waals surface area contributed by atoms with E-state index in [-0.39, 0.29) is 0 Å². The summed E-state index contributed by atoms with van der Waals surface area (Å²) in [6, 6.07) is 9.70. The fourth-order valence-electron chi connectivity index (χ4n) is 2.26. The molecule has 0 bridgehead atoms. The van der Waals surface area contributed by atoms with Gasteiger partial charge < -0.3 is 10.6 Å². The fourth-order valence-corrected chi connectivity index (χ4v) is 3.09. The first kappa shape index (κ1) is 13.9. The zero-order valence-corrected chi connectivity index (χ0v) is 12.2. The van der Waals surface area contributed by atoms with Gasteiger partial charge in [0.25, 0.3) is 0 Å². The van der Waals surface area contributed by atoms with E-state index in [4.69, 9.17) is 0 Å². The standard InChI is InChI=1S/C15H24N2S/c1-12(2)18-15-5-3-13(4-6-15)7-10-17-14-8-9-16-11-14/h3-6,12,14,16-17H,7-11H2,1-2H3. The van der Waals surface area contributed by atoms with E-state index in [1.165, 1.54) is 23.4 Å². The molecule has 2 N–H and O–H groups in total. The molecule has 0 radical (unpaired) electrons. The van der Waals surface area contributed by atoms with Crippen molar-refractivity contribution in [2.75, 3.05) is 19.6 Å². The molecule has 0 aliphatic carbocycles. The summed E-state index contributed by atoms with van der Waals surface area (Å²) >= 11 is 1.93. The first-order valence-electron chi connectivity index (χ1n) is 6.94. The van der Waals surface area contributed by atoms with E-state index in [2.05, 4.69) is 48.7 Å². The van der Waals surface area contributed by atoms with E-state index in [1.54, 1.807) is 0 Å². The molecule has 1 atom stereocenters. The van der Waals surface area contributed by atoms with Gasteiger partial charge >= 0.3 is 0 Å². The van der Waals surface area contributed by atoms with Crippen LogP contribution in [0.5, 0.6) is 0 Å². The number of thioether (sulfide) groups is 1. The zero-order chi connectivity index (χ0) is 12.8. The molecular weight excluding hydrogens is 240 g/mol. The maximum Gasteiger partial charge on any atom is 0.0204 e. The van der Waals surface area contributed by atoms with Crippen molar-refractivity contribution >= 4 is 11.8 Å². The van der Waals surface area contributed by atoms with E-state index in [9.17, 15) is 0 Å². The Morgan fingerprint density at radius 2 is 2.11 bits per heavy atom. The number of nitrogens with one attached hydrogen (secondary N) is 2. The van der Waals surface area contributed by atoms with Crippen LogP contribution in [-0.4, -0.2) is 30.9 Å². The molecule has 0 aromatic heterocycles. The molecule has 18 heavy (non-hydrogen) atoms. The van der Waals surface area contributed by atoms with Gasteiger partial charge in [0.15, 0.2) is 0 Å². The van der Waals surface area contributed by atoms with Crippen LogP contribution in [0.1, 0.15) is 25.8 Å². The first-order chi connectivity index (χ1) is 8.74. The van der Waals surface area contributed by atoms with Crippen LogP contribution in [0.15, 0.2) is 29.2 Å². The van der Waals surface area contributed by atoms with Gasteiger partial charge in [-0.25, -0.2) is 0 Å². The molecule has 2 rings (SSSR count). The van der Waals surface area contributed by atoms with Gasteiger partial charge in [0.2, 0.25) is 0 Å². The SMILES string of the molecule is CC(C)Sc1ccc(CCNC2CCNC2)cc1. The fraction of sp³-hybridized carbons (Fsp3) is 0.600. The Kier molecular flexibility index (Phi) is 5.54.